The molecule has 0 aliphatic carbocycles. The van der Waals surface area contributed by atoms with Gasteiger partial charge in [0.15, 0.2) is 5.13 Å². The third-order valence-corrected chi connectivity index (χ3v) is 3.96. The molecule has 1 N–H and O–H groups in total. The molecule has 2 aromatic rings. The summed E-state index contributed by atoms with van der Waals surface area (Å²) in [6.07, 6.45) is 2.51. The van der Waals surface area contributed by atoms with E-state index in [0.717, 1.165) is 29.0 Å². The molecule has 0 atom stereocenters. The number of amides is 1. The van der Waals surface area contributed by atoms with Gasteiger partial charge in [0, 0.05) is 6.42 Å². The van der Waals surface area contributed by atoms with Gasteiger partial charge in [0.1, 0.15) is 0 Å². The standard InChI is InChI=1S/C15H18N2OS/c1-3-4-10-13(18)17-15-16-11(2)14(19-15)12-8-6-5-7-9-12/h5-9H,3-4,10H2,1-2H3,(H,16,17,18). The predicted octanol–water partition coefficient (Wildman–Crippen LogP) is 4.25. The van der Waals surface area contributed by atoms with Gasteiger partial charge in [0.2, 0.25) is 5.91 Å². The van der Waals surface area contributed by atoms with Gasteiger partial charge >= 0.3 is 0 Å². The average molecular weight is 274 g/mol. The number of aryl methyl sites for hydroxylation is 1. The number of nitrogens with one attached hydrogen (secondary N) is 1. The smallest absolute Gasteiger partial charge is 0.226 e. The molecular formula is C15H18N2OS. The third-order valence-electron chi connectivity index (χ3n) is 2.84. The van der Waals surface area contributed by atoms with Crippen molar-refractivity contribution in [2.24, 2.45) is 0 Å². The van der Waals surface area contributed by atoms with Crippen LogP contribution in [0.4, 0.5) is 5.13 Å². The second kappa shape index (κ2) is 6.48. The van der Waals surface area contributed by atoms with Gasteiger partial charge in [-0.1, -0.05) is 55.0 Å². The van der Waals surface area contributed by atoms with E-state index < -0.39 is 0 Å². The highest BCUT2D eigenvalue weighted by molar-refractivity contribution is 7.19. The zero-order chi connectivity index (χ0) is 13.7. The van der Waals surface area contributed by atoms with Crippen LogP contribution in [0.1, 0.15) is 31.9 Å². The van der Waals surface area contributed by atoms with Gasteiger partial charge in [0.05, 0.1) is 10.6 Å². The van der Waals surface area contributed by atoms with E-state index in [0.29, 0.717) is 11.6 Å². The van der Waals surface area contributed by atoms with Crippen molar-refractivity contribution in [1.82, 2.24) is 4.98 Å². The van der Waals surface area contributed by atoms with E-state index in [1.165, 1.54) is 11.3 Å². The van der Waals surface area contributed by atoms with Crippen LogP contribution in [-0.4, -0.2) is 10.9 Å². The fourth-order valence-corrected chi connectivity index (χ4v) is 2.81. The number of carbonyl (C=O) groups is 1. The summed E-state index contributed by atoms with van der Waals surface area (Å²) in [4.78, 5) is 17.2. The lowest BCUT2D eigenvalue weighted by Crippen LogP contribution is -2.10. The molecule has 0 spiro atoms. The van der Waals surface area contributed by atoms with Crippen molar-refractivity contribution in [2.75, 3.05) is 5.32 Å². The molecule has 19 heavy (non-hydrogen) atoms. The first kappa shape index (κ1) is 13.7. The zero-order valence-electron chi connectivity index (χ0n) is 11.3. The molecule has 0 fully saturated rings. The first-order valence-corrected chi connectivity index (χ1v) is 7.35. The lowest BCUT2D eigenvalue weighted by atomic mass is 10.2. The summed E-state index contributed by atoms with van der Waals surface area (Å²) >= 11 is 1.53. The van der Waals surface area contributed by atoms with Gasteiger partial charge in [-0.3, -0.25) is 4.79 Å². The number of hydrogen-bond donors (Lipinski definition) is 1. The summed E-state index contributed by atoms with van der Waals surface area (Å²) in [6.45, 7) is 4.05. The van der Waals surface area contributed by atoms with Crippen molar-refractivity contribution in [3.05, 3.63) is 36.0 Å². The van der Waals surface area contributed by atoms with Crippen LogP contribution >= 0.6 is 11.3 Å². The Balaban J connectivity index is 2.11. The van der Waals surface area contributed by atoms with Gasteiger partial charge in [-0.05, 0) is 18.9 Å². The van der Waals surface area contributed by atoms with Gasteiger partial charge in [0.25, 0.3) is 0 Å². The quantitative estimate of drug-likeness (QED) is 0.885. The molecule has 0 aliphatic rings. The lowest BCUT2D eigenvalue weighted by Gasteiger charge is -1.99. The van der Waals surface area contributed by atoms with Crippen molar-refractivity contribution in [1.29, 1.82) is 0 Å². The maximum absolute atomic E-state index is 11.7. The van der Waals surface area contributed by atoms with E-state index >= 15 is 0 Å². The zero-order valence-corrected chi connectivity index (χ0v) is 12.1. The predicted molar refractivity (Wildman–Crippen MR) is 80.4 cm³/mol. The molecule has 3 nitrogen and oxygen atoms in total. The van der Waals surface area contributed by atoms with E-state index in [9.17, 15) is 4.79 Å². The van der Waals surface area contributed by atoms with Crippen LogP contribution in [0.15, 0.2) is 30.3 Å². The number of thiazole rings is 1. The number of benzene rings is 1. The maximum Gasteiger partial charge on any atom is 0.226 e. The van der Waals surface area contributed by atoms with Crippen LogP contribution < -0.4 is 5.32 Å². The minimum absolute atomic E-state index is 0.0511. The van der Waals surface area contributed by atoms with Crippen LogP contribution in [0.2, 0.25) is 0 Å². The number of carbonyl (C=O) groups excluding carboxylic acids is 1. The molecule has 0 aliphatic heterocycles. The molecule has 1 amide bonds. The summed E-state index contributed by atoms with van der Waals surface area (Å²) in [5.41, 5.74) is 2.11. The Morgan fingerprint density at radius 1 is 1.32 bits per heavy atom. The summed E-state index contributed by atoms with van der Waals surface area (Å²) in [5.74, 6) is 0.0511. The Kier molecular flexibility index (Phi) is 4.68. The maximum atomic E-state index is 11.7. The molecule has 100 valence electrons. The number of anilines is 1. The monoisotopic (exact) mass is 274 g/mol. The summed E-state index contributed by atoms with van der Waals surface area (Å²) in [5, 5.41) is 3.57. The molecule has 4 heteroatoms. The lowest BCUT2D eigenvalue weighted by molar-refractivity contribution is -0.116. The molecule has 1 aromatic heterocycles. The number of aromatic nitrogens is 1. The SMILES string of the molecule is CCCCC(=O)Nc1nc(C)c(-c2ccccc2)s1. The first-order chi connectivity index (χ1) is 9.20. The van der Waals surface area contributed by atoms with Crippen LogP contribution in [0.25, 0.3) is 10.4 Å². The number of rotatable bonds is 5. The van der Waals surface area contributed by atoms with Crippen molar-refractivity contribution in [3.63, 3.8) is 0 Å². The second-order valence-electron chi connectivity index (χ2n) is 4.45. The largest absolute Gasteiger partial charge is 0.302 e. The van der Waals surface area contributed by atoms with E-state index in [1.807, 2.05) is 25.1 Å². The molecule has 0 saturated heterocycles. The number of unbranched alkanes of at least 4 members (excludes halogenated alkanes) is 1. The molecule has 0 unspecified atom stereocenters. The summed E-state index contributed by atoms with van der Waals surface area (Å²) in [7, 11) is 0. The third kappa shape index (κ3) is 3.64. The molecule has 0 bridgehead atoms. The van der Waals surface area contributed by atoms with E-state index in [1.54, 1.807) is 0 Å². The second-order valence-corrected chi connectivity index (χ2v) is 5.45. The van der Waals surface area contributed by atoms with Gasteiger partial charge in [-0.2, -0.15) is 0 Å². The molecule has 2 rings (SSSR count). The highest BCUT2D eigenvalue weighted by atomic mass is 32.1. The fourth-order valence-electron chi connectivity index (χ4n) is 1.83. The minimum atomic E-state index is 0.0511. The Morgan fingerprint density at radius 2 is 2.05 bits per heavy atom. The molecule has 1 heterocycles. The minimum Gasteiger partial charge on any atom is -0.302 e. The fraction of sp³-hybridized carbons (Fsp3) is 0.333. The van der Waals surface area contributed by atoms with Crippen LogP contribution in [-0.2, 0) is 4.79 Å². The normalized spacial score (nSPS) is 10.4. The van der Waals surface area contributed by atoms with E-state index in [4.69, 9.17) is 0 Å². The van der Waals surface area contributed by atoms with Gasteiger partial charge in [-0.15, -0.1) is 0 Å². The van der Waals surface area contributed by atoms with Crippen molar-refractivity contribution in [3.8, 4) is 10.4 Å². The molecule has 1 aromatic carbocycles. The topological polar surface area (TPSA) is 42.0 Å². The first-order valence-electron chi connectivity index (χ1n) is 6.53. The Labute approximate surface area is 117 Å². The Morgan fingerprint density at radius 3 is 2.74 bits per heavy atom. The van der Waals surface area contributed by atoms with Crippen LogP contribution in [0.5, 0.6) is 0 Å². The van der Waals surface area contributed by atoms with E-state index in [-0.39, 0.29) is 5.91 Å². The Bertz CT molecular complexity index is 549. The summed E-state index contributed by atoms with van der Waals surface area (Å²) in [6, 6.07) is 10.1. The molecule has 0 radical (unpaired) electrons. The van der Waals surface area contributed by atoms with Gasteiger partial charge in [-0.25, -0.2) is 4.98 Å². The molecule has 0 saturated carbocycles. The Hall–Kier alpha value is -1.68. The van der Waals surface area contributed by atoms with Crippen LogP contribution in [0, 0.1) is 6.92 Å². The van der Waals surface area contributed by atoms with Crippen molar-refractivity contribution < 1.29 is 4.79 Å². The average Bonchev–Trinajstić information content (AvgIpc) is 2.78. The molecular weight excluding hydrogens is 256 g/mol. The van der Waals surface area contributed by atoms with Crippen molar-refractivity contribution >= 4 is 22.4 Å². The van der Waals surface area contributed by atoms with Crippen molar-refractivity contribution in [2.45, 2.75) is 33.1 Å². The highest BCUT2D eigenvalue weighted by Gasteiger charge is 2.11. The number of hydrogen-bond acceptors (Lipinski definition) is 3. The van der Waals surface area contributed by atoms with Gasteiger partial charge < -0.3 is 5.32 Å². The van der Waals surface area contributed by atoms with E-state index in [2.05, 4.69) is 29.4 Å². The highest BCUT2D eigenvalue weighted by Crippen LogP contribution is 2.32. The summed E-state index contributed by atoms with van der Waals surface area (Å²) < 4.78 is 0. The van der Waals surface area contributed by atoms with Crippen LogP contribution in [0.3, 0.4) is 0 Å². The number of nitrogens with zero attached hydrogens (tertiary/aromatic N) is 1.